The molecule has 0 heterocycles. The minimum atomic E-state index is -0.150. The Morgan fingerprint density at radius 1 is 1.12 bits per heavy atom. The van der Waals surface area contributed by atoms with Crippen LogP contribution in [0, 0.1) is 0 Å². The van der Waals surface area contributed by atoms with Crippen LogP contribution in [0.2, 0.25) is 0 Å². The van der Waals surface area contributed by atoms with Gasteiger partial charge in [-0.1, -0.05) is 46.3 Å². The molecule has 0 saturated heterocycles. The van der Waals surface area contributed by atoms with Gasteiger partial charge in [-0.3, -0.25) is 4.79 Å². The Morgan fingerprint density at radius 2 is 1.88 bits per heavy atom. The Bertz CT molecular complexity index is 795. The van der Waals surface area contributed by atoms with Gasteiger partial charge in [0.25, 0.3) is 0 Å². The molecule has 2 aromatic carbocycles. The summed E-state index contributed by atoms with van der Waals surface area (Å²) >= 11 is 3.60. The molecule has 0 spiro atoms. The Hall–Kier alpha value is -1.81. The molecule has 1 unspecified atom stereocenters. The number of hydrogen-bond acceptors (Lipinski definition) is 3. The van der Waals surface area contributed by atoms with E-state index in [4.69, 9.17) is 9.47 Å². The SMILES string of the molecule is CCOC(=O)CC1c2ccccc2-c2ccc(OC3CC(Br)C3)cc21. The standard InChI is InChI=1S/C21H21BrO3/c1-2-24-21(23)12-20-17-6-4-3-5-16(17)18-8-7-14(11-19(18)20)25-15-9-13(22)10-15/h3-8,11,13,15,20H,2,9-10,12H2,1H3. The molecule has 1 atom stereocenters. The second-order valence-corrected chi connectivity index (χ2v) is 8.00. The van der Waals surface area contributed by atoms with Gasteiger partial charge in [-0.15, -0.1) is 0 Å². The number of alkyl halides is 1. The minimum absolute atomic E-state index is 0.0408. The normalized spacial score (nSPS) is 23.4. The van der Waals surface area contributed by atoms with E-state index in [-0.39, 0.29) is 18.0 Å². The van der Waals surface area contributed by atoms with Crippen LogP contribution < -0.4 is 4.74 Å². The Labute approximate surface area is 156 Å². The Morgan fingerprint density at radius 3 is 2.64 bits per heavy atom. The van der Waals surface area contributed by atoms with Crippen LogP contribution in [0.5, 0.6) is 5.75 Å². The lowest BCUT2D eigenvalue weighted by Gasteiger charge is -2.31. The smallest absolute Gasteiger partial charge is 0.306 e. The molecular weight excluding hydrogens is 380 g/mol. The van der Waals surface area contributed by atoms with Crippen molar-refractivity contribution in [1.29, 1.82) is 0 Å². The van der Waals surface area contributed by atoms with Crippen LogP contribution in [0.15, 0.2) is 42.5 Å². The van der Waals surface area contributed by atoms with Crippen LogP contribution in [0.3, 0.4) is 0 Å². The topological polar surface area (TPSA) is 35.5 Å². The van der Waals surface area contributed by atoms with E-state index in [2.05, 4.69) is 40.2 Å². The van der Waals surface area contributed by atoms with E-state index in [0.29, 0.717) is 17.9 Å². The van der Waals surface area contributed by atoms with Crippen LogP contribution in [-0.4, -0.2) is 23.5 Å². The van der Waals surface area contributed by atoms with Crippen molar-refractivity contribution in [3.05, 3.63) is 53.6 Å². The maximum Gasteiger partial charge on any atom is 0.306 e. The van der Waals surface area contributed by atoms with Gasteiger partial charge < -0.3 is 9.47 Å². The van der Waals surface area contributed by atoms with Crippen LogP contribution in [0.1, 0.15) is 43.2 Å². The monoisotopic (exact) mass is 400 g/mol. The predicted octanol–water partition coefficient (Wildman–Crippen LogP) is 5.06. The zero-order valence-corrected chi connectivity index (χ0v) is 15.8. The summed E-state index contributed by atoms with van der Waals surface area (Å²) in [6.45, 7) is 2.26. The molecule has 2 aliphatic rings. The molecule has 0 amide bonds. The number of hydrogen-bond donors (Lipinski definition) is 0. The van der Waals surface area contributed by atoms with Crippen molar-refractivity contribution < 1.29 is 14.3 Å². The lowest BCUT2D eigenvalue weighted by Crippen LogP contribution is -2.33. The molecule has 0 aromatic heterocycles. The first-order chi connectivity index (χ1) is 12.2. The van der Waals surface area contributed by atoms with Crippen LogP contribution >= 0.6 is 15.9 Å². The Kier molecular flexibility index (Phi) is 4.55. The van der Waals surface area contributed by atoms with Gasteiger partial charge in [-0.2, -0.15) is 0 Å². The number of carbonyl (C=O) groups excluding carboxylic acids is 1. The highest BCUT2D eigenvalue weighted by molar-refractivity contribution is 9.09. The molecule has 2 aliphatic carbocycles. The molecule has 1 fully saturated rings. The maximum absolute atomic E-state index is 12.1. The molecule has 4 heteroatoms. The first-order valence-corrected chi connectivity index (χ1v) is 9.77. The molecule has 130 valence electrons. The highest BCUT2D eigenvalue weighted by atomic mass is 79.9. The highest BCUT2D eigenvalue weighted by Crippen LogP contribution is 2.47. The fourth-order valence-electron chi connectivity index (χ4n) is 3.76. The van der Waals surface area contributed by atoms with Gasteiger partial charge in [0, 0.05) is 10.7 Å². The van der Waals surface area contributed by atoms with E-state index >= 15 is 0 Å². The molecule has 2 aromatic rings. The molecule has 0 N–H and O–H groups in total. The second-order valence-electron chi connectivity index (χ2n) is 6.71. The average Bonchev–Trinajstić information content (AvgIpc) is 2.88. The molecule has 0 bridgehead atoms. The lowest BCUT2D eigenvalue weighted by atomic mass is 9.93. The summed E-state index contributed by atoms with van der Waals surface area (Å²) in [5, 5.41) is 0. The summed E-state index contributed by atoms with van der Waals surface area (Å²) in [6, 6.07) is 14.6. The average molecular weight is 401 g/mol. The first-order valence-electron chi connectivity index (χ1n) is 8.85. The van der Waals surface area contributed by atoms with Gasteiger partial charge in [-0.05, 0) is 54.2 Å². The Balaban J connectivity index is 1.64. The number of esters is 1. The number of rotatable bonds is 5. The van der Waals surface area contributed by atoms with Crippen molar-refractivity contribution in [3.8, 4) is 16.9 Å². The van der Waals surface area contributed by atoms with Crippen molar-refractivity contribution in [2.45, 2.75) is 43.0 Å². The van der Waals surface area contributed by atoms with Crippen molar-refractivity contribution in [2.75, 3.05) is 6.61 Å². The van der Waals surface area contributed by atoms with Crippen LogP contribution in [-0.2, 0) is 9.53 Å². The quantitative estimate of drug-likeness (QED) is 0.519. The van der Waals surface area contributed by atoms with E-state index < -0.39 is 0 Å². The zero-order chi connectivity index (χ0) is 17.4. The number of fused-ring (bicyclic) bond motifs is 3. The molecular formula is C21H21BrO3. The van der Waals surface area contributed by atoms with E-state index in [1.807, 2.05) is 25.1 Å². The van der Waals surface area contributed by atoms with E-state index in [9.17, 15) is 4.79 Å². The lowest BCUT2D eigenvalue weighted by molar-refractivity contribution is -0.143. The maximum atomic E-state index is 12.1. The van der Waals surface area contributed by atoms with Crippen LogP contribution in [0.4, 0.5) is 0 Å². The highest BCUT2D eigenvalue weighted by Gasteiger charge is 2.32. The summed E-state index contributed by atoms with van der Waals surface area (Å²) in [6.07, 6.45) is 2.75. The molecule has 1 saturated carbocycles. The summed E-state index contributed by atoms with van der Waals surface area (Å²) in [4.78, 5) is 12.7. The third-order valence-electron chi connectivity index (χ3n) is 5.04. The third kappa shape index (κ3) is 3.20. The van der Waals surface area contributed by atoms with Gasteiger partial charge in [0.2, 0.25) is 0 Å². The molecule has 4 rings (SSSR count). The third-order valence-corrected chi connectivity index (χ3v) is 5.79. The van der Waals surface area contributed by atoms with Gasteiger partial charge in [0.1, 0.15) is 11.9 Å². The van der Waals surface area contributed by atoms with E-state index in [1.54, 1.807) is 0 Å². The van der Waals surface area contributed by atoms with Crippen LogP contribution in [0.25, 0.3) is 11.1 Å². The summed E-state index contributed by atoms with van der Waals surface area (Å²) < 4.78 is 11.3. The molecule has 3 nitrogen and oxygen atoms in total. The van der Waals surface area contributed by atoms with Crippen molar-refractivity contribution in [1.82, 2.24) is 0 Å². The number of ether oxygens (including phenoxy) is 2. The van der Waals surface area contributed by atoms with Gasteiger partial charge in [0.05, 0.1) is 13.0 Å². The molecule has 0 aliphatic heterocycles. The summed E-state index contributed by atoms with van der Waals surface area (Å²) in [7, 11) is 0. The predicted molar refractivity (Wildman–Crippen MR) is 101 cm³/mol. The second kappa shape index (κ2) is 6.83. The minimum Gasteiger partial charge on any atom is -0.490 e. The number of carbonyl (C=O) groups is 1. The van der Waals surface area contributed by atoms with Crippen molar-refractivity contribution in [3.63, 3.8) is 0 Å². The zero-order valence-electron chi connectivity index (χ0n) is 14.2. The van der Waals surface area contributed by atoms with Gasteiger partial charge in [0.15, 0.2) is 0 Å². The number of benzene rings is 2. The van der Waals surface area contributed by atoms with Crippen molar-refractivity contribution in [2.24, 2.45) is 0 Å². The fourth-order valence-corrected chi connectivity index (χ4v) is 4.59. The molecule has 0 radical (unpaired) electrons. The summed E-state index contributed by atoms with van der Waals surface area (Å²) in [5.74, 6) is 0.784. The van der Waals surface area contributed by atoms with E-state index in [1.165, 1.54) is 22.3 Å². The summed E-state index contributed by atoms with van der Waals surface area (Å²) in [5.41, 5.74) is 4.78. The fraction of sp³-hybridized carbons (Fsp3) is 0.381. The molecule has 25 heavy (non-hydrogen) atoms. The largest absolute Gasteiger partial charge is 0.490 e. The number of halogens is 1. The van der Waals surface area contributed by atoms with Gasteiger partial charge in [-0.25, -0.2) is 0 Å². The van der Waals surface area contributed by atoms with E-state index in [0.717, 1.165) is 18.6 Å². The van der Waals surface area contributed by atoms with Crippen molar-refractivity contribution >= 4 is 21.9 Å². The first kappa shape index (κ1) is 16.6. The van der Waals surface area contributed by atoms with Gasteiger partial charge >= 0.3 is 5.97 Å².